The zero-order chi connectivity index (χ0) is 18.2. The summed E-state index contributed by atoms with van der Waals surface area (Å²) in [6.45, 7) is 0.529. The molecular formula is C17H21FN2O5. The van der Waals surface area contributed by atoms with E-state index in [0.717, 1.165) is 6.42 Å². The van der Waals surface area contributed by atoms with E-state index in [0.29, 0.717) is 18.6 Å². The number of carboxylic acids is 1. The molecule has 1 aromatic rings. The predicted molar refractivity (Wildman–Crippen MR) is 86.2 cm³/mol. The molecule has 25 heavy (non-hydrogen) atoms. The lowest BCUT2D eigenvalue weighted by Gasteiger charge is -2.28. The van der Waals surface area contributed by atoms with E-state index in [2.05, 4.69) is 10.6 Å². The summed E-state index contributed by atoms with van der Waals surface area (Å²) in [5, 5.41) is 14.1. The van der Waals surface area contributed by atoms with Gasteiger partial charge in [-0.25, -0.2) is 9.18 Å². The van der Waals surface area contributed by atoms with Crippen LogP contribution in [0.15, 0.2) is 24.3 Å². The van der Waals surface area contributed by atoms with Crippen LogP contribution in [0.5, 0.6) is 0 Å². The standard InChI is InChI=1S/C17H21FN2O5/c18-13-5-1-3-11(7-13)8-14(21)19-9-15(22)20-16(17(23)24)12-4-2-6-25-10-12/h1,3,5,7,12,16H,2,4,6,8-10H2,(H,19,21)(H,20,22)(H,23,24). The first kappa shape index (κ1) is 18.9. The highest BCUT2D eigenvalue weighted by Gasteiger charge is 2.31. The molecule has 2 atom stereocenters. The Kier molecular flexibility index (Phi) is 6.88. The Bertz CT molecular complexity index is 631. The Labute approximate surface area is 144 Å². The maximum Gasteiger partial charge on any atom is 0.326 e. The summed E-state index contributed by atoms with van der Waals surface area (Å²) >= 11 is 0. The molecule has 1 fully saturated rings. The average Bonchev–Trinajstić information content (AvgIpc) is 2.58. The van der Waals surface area contributed by atoms with E-state index in [-0.39, 0.29) is 25.5 Å². The van der Waals surface area contributed by atoms with E-state index in [9.17, 15) is 23.9 Å². The number of rotatable bonds is 7. The van der Waals surface area contributed by atoms with Crippen LogP contribution in [-0.2, 0) is 25.5 Å². The van der Waals surface area contributed by atoms with Crippen LogP contribution in [0.25, 0.3) is 0 Å². The first-order valence-corrected chi connectivity index (χ1v) is 8.07. The summed E-state index contributed by atoms with van der Waals surface area (Å²) in [7, 11) is 0. The number of halogens is 1. The van der Waals surface area contributed by atoms with E-state index >= 15 is 0 Å². The van der Waals surface area contributed by atoms with Gasteiger partial charge in [0, 0.05) is 12.5 Å². The van der Waals surface area contributed by atoms with Crippen LogP contribution in [0.2, 0.25) is 0 Å². The lowest BCUT2D eigenvalue weighted by Crippen LogP contribution is -2.51. The molecule has 0 aromatic heterocycles. The molecule has 2 rings (SSSR count). The molecule has 8 heteroatoms. The van der Waals surface area contributed by atoms with Gasteiger partial charge in [0.05, 0.1) is 19.6 Å². The fourth-order valence-corrected chi connectivity index (χ4v) is 2.71. The lowest BCUT2D eigenvalue weighted by molar-refractivity contribution is -0.145. The molecule has 2 amide bonds. The van der Waals surface area contributed by atoms with Crippen LogP contribution in [0, 0.1) is 11.7 Å². The molecule has 0 aliphatic carbocycles. The molecule has 1 aromatic carbocycles. The normalized spacial score (nSPS) is 18.2. The van der Waals surface area contributed by atoms with E-state index in [1.54, 1.807) is 6.07 Å². The molecule has 1 aliphatic heterocycles. The highest BCUT2D eigenvalue weighted by Crippen LogP contribution is 2.17. The number of hydrogen-bond acceptors (Lipinski definition) is 4. The SMILES string of the molecule is O=C(Cc1cccc(F)c1)NCC(=O)NC(C(=O)O)C1CCCOC1. The molecule has 0 bridgehead atoms. The monoisotopic (exact) mass is 352 g/mol. The molecule has 0 spiro atoms. The third-order valence-corrected chi connectivity index (χ3v) is 3.95. The fourth-order valence-electron chi connectivity index (χ4n) is 2.71. The van der Waals surface area contributed by atoms with Crippen LogP contribution in [-0.4, -0.2) is 48.7 Å². The number of hydrogen-bond donors (Lipinski definition) is 3. The van der Waals surface area contributed by atoms with Crippen LogP contribution >= 0.6 is 0 Å². The molecule has 2 unspecified atom stereocenters. The topological polar surface area (TPSA) is 105 Å². The van der Waals surface area contributed by atoms with Gasteiger partial charge in [-0.1, -0.05) is 12.1 Å². The van der Waals surface area contributed by atoms with Crippen molar-refractivity contribution < 1.29 is 28.6 Å². The Morgan fingerprint density at radius 1 is 1.32 bits per heavy atom. The van der Waals surface area contributed by atoms with Gasteiger partial charge in [-0.2, -0.15) is 0 Å². The number of carbonyl (C=O) groups is 3. The second-order valence-corrected chi connectivity index (χ2v) is 5.94. The first-order valence-electron chi connectivity index (χ1n) is 8.07. The number of ether oxygens (including phenoxy) is 1. The number of carbonyl (C=O) groups excluding carboxylic acids is 2. The maximum atomic E-state index is 13.1. The van der Waals surface area contributed by atoms with Crippen molar-refractivity contribution >= 4 is 17.8 Å². The molecule has 7 nitrogen and oxygen atoms in total. The predicted octanol–water partition coefficient (Wildman–Crippen LogP) is 0.480. The van der Waals surface area contributed by atoms with E-state index < -0.39 is 29.6 Å². The molecule has 0 radical (unpaired) electrons. The van der Waals surface area contributed by atoms with Crippen molar-refractivity contribution in [3.63, 3.8) is 0 Å². The van der Waals surface area contributed by atoms with Gasteiger partial charge in [0.2, 0.25) is 11.8 Å². The van der Waals surface area contributed by atoms with E-state index in [4.69, 9.17) is 4.74 Å². The quantitative estimate of drug-likeness (QED) is 0.662. The van der Waals surface area contributed by atoms with E-state index in [1.165, 1.54) is 18.2 Å². The van der Waals surface area contributed by atoms with Crippen LogP contribution in [0.1, 0.15) is 18.4 Å². The molecular weight excluding hydrogens is 331 g/mol. The van der Waals surface area contributed by atoms with Crippen LogP contribution in [0.4, 0.5) is 4.39 Å². The second-order valence-electron chi connectivity index (χ2n) is 5.94. The third-order valence-electron chi connectivity index (χ3n) is 3.95. The average molecular weight is 352 g/mol. The second kappa shape index (κ2) is 9.12. The molecule has 1 heterocycles. The number of amides is 2. The third kappa shape index (κ3) is 6.15. The molecule has 1 saturated heterocycles. The van der Waals surface area contributed by atoms with Crippen LogP contribution in [0.3, 0.4) is 0 Å². The van der Waals surface area contributed by atoms with Crippen molar-refractivity contribution in [3.8, 4) is 0 Å². The number of aliphatic carboxylic acids is 1. The van der Waals surface area contributed by atoms with Gasteiger partial charge in [0.1, 0.15) is 11.9 Å². The van der Waals surface area contributed by atoms with E-state index in [1.807, 2.05) is 0 Å². The highest BCUT2D eigenvalue weighted by molar-refractivity contribution is 5.88. The highest BCUT2D eigenvalue weighted by atomic mass is 19.1. The Morgan fingerprint density at radius 3 is 2.76 bits per heavy atom. The zero-order valence-corrected chi connectivity index (χ0v) is 13.7. The van der Waals surface area contributed by atoms with Gasteiger partial charge >= 0.3 is 5.97 Å². The summed E-state index contributed by atoms with van der Waals surface area (Å²) in [4.78, 5) is 35.1. The van der Waals surface area contributed by atoms with Crippen molar-refractivity contribution in [1.29, 1.82) is 0 Å². The largest absolute Gasteiger partial charge is 0.480 e. The summed E-state index contributed by atoms with van der Waals surface area (Å²) in [5.74, 6) is -2.91. The van der Waals surface area contributed by atoms with Gasteiger partial charge in [-0.15, -0.1) is 0 Å². The molecule has 3 N–H and O–H groups in total. The number of benzene rings is 1. The Morgan fingerprint density at radius 2 is 2.12 bits per heavy atom. The Balaban J connectivity index is 1.80. The van der Waals surface area contributed by atoms with Crippen LogP contribution < -0.4 is 10.6 Å². The van der Waals surface area contributed by atoms with Crippen molar-refractivity contribution in [2.75, 3.05) is 19.8 Å². The lowest BCUT2D eigenvalue weighted by atomic mass is 9.93. The van der Waals surface area contributed by atoms with Crippen molar-refractivity contribution in [2.24, 2.45) is 5.92 Å². The first-order chi connectivity index (χ1) is 12.0. The van der Waals surface area contributed by atoms with Crippen molar-refractivity contribution in [2.45, 2.75) is 25.3 Å². The van der Waals surface area contributed by atoms with Crippen molar-refractivity contribution in [3.05, 3.63) is 35.6 Å². The zero-order valence-electron chi connectivity index (χ0n) is 13.7. The van der Waals surface area contributed by atoms with Gasteiger partial charge in [0.25, 0.3) is 0 Å². The number of nitrogens with one attached hydrogen (secondary N) is 2. The summed E-state index contributed by atoms with van der Waals surface area (Å²) in [5.41, 5.74) is 0.487. The molecule has 0 saturated carbocycles. The molecule has 136 valence electrons. The van der Waals surface area contributed by atoms with Gasteiger partial charge in [-0.05, 0) is 30.5 Å². The maximum absolute atomic E-state index is 13.1. The summed E-state index contributed by atoms with van der Waals surface area (Å²) < 4.78 is 18.3. The fraction of sp³-hybridized carbons (Fsp3) is 0.471. The minimum atomic E-state index is -1.13. The summed E-state index contributed by atoms with van der Waals surface area (Å²) in [6, 6.07) is 4.56. The minimum absolute atomic E-state index is 0.0656. The van der Waals surface area contributed by atoms with Gasteiger partial charge < -0.3 is 20.5 Å². The minimum Gasteiger partial charge on any atom is -0.480 e. The summed E-state index contributed by atoms with van der Waals surface area (Å²) in [6.07, 6.45) is 1.34. The smallest absolute Gasteiger partial charge is 0.326 e. The molecule has 1 aliphatic rings. The van der Waals surface area contributed by atoms with Gasteiger partial charge in [0.15, 0.2) is 0 Å². The van der Waals surface area contributed by atoms with Crippen molar-refractivity contribution in [1.82, 2.24) is 10.6 Å². The number of carboxylic acid groups (broad SMARTS) is 1. The Hall–Kier alpha value is -2.48. The van der Waals surface area contributed by atoms with Gasteiger partial charge in [-0.3, -0.25) is 9.59 Å².